The highest BCUT2D eigenvalue weighted by molar-refractivity contribution is 5.45. The molecule has 2 atom stereocenters. The van der Waals surface area contributed by atoms with E-state index in [4.69, 9.17) is 8.94 Å². The van der Waals surface area contributed by atoms with E-state index in [0.717, 1.165) is 25.9 Å². The second kappa shape index (κ2) is 6.60. The fourth-order valence-electron chi connectivity index (χ4n) is 4.56. The lowest BCUT2D eigenvalue weighted by Crippen LogP contribution is -2.47. The van der Waals surface area contributed by atoms with E-state index >= 15 is 0 Å². The Bertz CT molecular complexity index is 915. The average Bonchev–Trinajstić information content (AvgIpc) is 3.43. The van der Waals surface area contributed by atoms with E-state index in [9.17, 15) is 5.11 Å². The first kappa shape index (κ1) is 16.7. The van der Waals surface area contributed by atoms with Crippen LogP contribution in [0.5, 0.6) is 0 Å². The molecular formula is C20H22N4O3. The highest BCUT2D eigenvalue weighted by Crippen LogP contribution is 2.50. The second-order valence-electron chi connectivity index (χ2n) is 7.29. The van der Waals surface area contributed by atoms with E-state index in [2.05, 4.69) is 39.0 Å². The standard InChI is InChI=1S/C20H22N4O3/c25-18-17(22-12-16-23-19(27-24-16)15-6-3-11-26-15)13-4-1-2-5-14(13)20(18)7-9-21-10-8-20/h1-6,11,17-18,21-22,25H,7-10,12H2/t17-,18+/m0/s1. The molecule has 1 spiro atoms. The van der Waals surface area contributed by atoms with Crippen molar-refractivity contribution in [2.45, 2.75) is 36.9 Å². The highest BCUT2D eigenvalue weighted by Gasteiger charge is 2.51. The van der Waals surface area contributed by atoms with Crippen LogP contribution < -0.4 is 10.6 Å². The number of aliphatic hydroxyl groups excluding tert-OH is 1. The summed E-state index contributed by atoms with van der Waals surface area (Å²) in [5, 5.41) is 22.1. The molecule has 5 rings (SSSR count). The molecule has 3 N–H and O–H groups in total. The fraction of sp³-hybridized carbons (Fsp3) is 0.400. The number of piperidine rings is 1. The predicted octanol–water partition coefficient (Wildman–Crippen LogP) is 2.16. The Morgan fingerprint density at radius 3 is 2.85 bits per heavy atom. The summed E-state index contributed by atoms with van der Waals surface area (Å²) in [7, 11) is 0. The van der Waals surface area contributed by atoms with Crippen LogP contribution in [0.25, 0.3) is 11.7 Å². The van der Waals surface area contributed by atoms with Crippen LogP contribution >= 0.6 is 0 Å². The molecule has 1 aliphatic carbocycles. The number of hydrogen-bond donors (Lipinski definition) is 3. The summed E-state index contributed by atoms with van der Waals surface area (Å²) in [6.45, 7) is 2.26. The van der Waals surface area contributed by atoms with Crippen molar-refractivity contribution < 1.29 is 14.0 Å². The number of nitrogens with one attached hydrogen (secondary N) is 2. The maximum absolute atomic E-state index is 11.2. The molecule has 7 nitrogen and oxygen atoms in total. The van der Waals surface area contributed by atoms with Crippen LogP contribution in [-0.2, 0) is 12.0 Å². The zero-order valence-corrected chi connectivity index (χ0v) is 14.9. The van der Waals surface area contributed by atoms with Crippen LogP contribution in [0.15, 0.2) is 51.6 Å². The van der Waals surface area contributed by atoms with E-state index in [-0.39, 0.29) is 11.5 Å². The minimum absolute atomic E-state index is 0.148. The molecule has 1 fully saturated rings. The molecule has 0 bridgehead atoms. The molecule has 7 heteroatoms. The van der Waals surface area contributed by atoms with Crippen molar-refractivity contribution >= 4 is 0 Å². The van der Waals surface area contributed by atoms with Gasteiger partial charge in [0, 0.05) is 5.41 Å². The van der Waals surface area contributed by atoms with Gasteiger partial charge in [-0.3, -0.25) is 0 Å². The third-order valence-electron chi connectivity index (χ3n) is 5.89. The van der Waals surface area contributed by atoms with Crippen LogP contribution in [0.4, 0.5) is 0 Å². The Kier molecular flexibility index (Phi) is 4.07. The number of furan rings is 1. The topological polar surface area (TPSA) is 96.4 Å². The fourth-order valence-corrected chi connectivity index (χ4v) is 4.56. The van der Waals surface area contributed by atoms with Gasteiger partial charge in [-0.05, 0) is 49.2 Å². The largest absolute Gasteiger partial charge is 0.459 e. The Labute approximate surface area is 156 Å². The number of aromatic nitrogens is 2. The van der Waals surface area contributed by atoms with Crippen LogP contribution in [-0.4, -0.2) is 34.4 Å². The van der Waals surface area contributed by atoms with E-state index in [1.807, 2.05) is 6.07 Å². The Balaban J connectivity index is 1.37. The molecule has 140 valence electrons. The van der Waals surface area contributed by atoms with Gasteiger partial charge in [-0.25, -0.2) is 0 Å². The Morgan fingerprint density at radius 1 is 1.19 bits per heavy atom. The van der Waals surface area contributed by atoms with Gasteiger partial charge in [0.1, 0.15) is 0 Å². The molecular weight excluding hydrogens is 344 g/mol. The Hall–Kier alpha value is -2.48. The summed E-state index contributed by atoms with van der Waals surface area (Å²) >= 11 is 0. The summed E-state index contributed by atoms with van der Waals surface area (Å²) in [5.41, 5.74) is 2.25. The molecule has 1 aliphatic heterocycles. The quantitative estimate of drug-likeness (QED) is 0.651. The number of hydrogen-bond acceptors (Lipinski definition) is 7. The molecule has 0 saturated carbocycles. The van der Waals surface area contributed by atoms with Crippen molar-refractivity contribution in [2.24, 2.45) is 0 Å². The van der Waals surface area contributed by atoms with Gasteiger partial charge in [0.25, 0.3) is 5.89 Å². The number of benzene rings is 1. The summed E-state index contributed by atoms with van der Waals surface area (Å²) in [6, 6.07) is 11.8. The van der Waals surface area contributed by atoms with E-state index in [1.54, 1.807) is 18.4 Å². The van der Waals surface area contributed by atoms with Gasteiger partial charge in [0.15, 0.2) is 11.6 Å². The molecule has 0 radical (unpaired) electrons. The molecule has 2 aliphatic rings. The zero-order valence-electron chi connectivity index (χ0n) is 14.9. The highest BCUT2D eigenvalue weighted by atomic mass is 16.5. The monoisotopic (exact) mass is 366 g/mol. The van der Waals surface area contributed by atoms with Gasteiger partial charge in [0.05, 0.1) is 25.0 Å². The van der Waals surface area contributed by atoms with Crippen LogP contribution in [0.1, 0.15) is 35.8 Å². The van der Waals surface area contributed by atoms with Crippen LogP contribution in [0, 0.1) is 0 Å². The van der Waals surface area contributed by atoms with Gasteiger partial charge >= 0.3 is 0 Å². The number of fused-ring (bicyclic) bond motifs is 2. The molecule has 3 heterocycles. The number of nitrogens with zero attached hydrogens (tertiary/aromatic N) is 2. The lowest BCUT2D eigenvalue weighted by Gasteiger charge is -2.39. The lowest BCUT2D eigenvalue weighted by molar-refractivity contribution is 0.0436. The molecule has 3 aromatic rings. The number of rotatable bonds is 4. The molecule has 1 saturated heterocycles. The molecule has 2 aromatic heterocycles. The van der Waals surface area contributed by atoms with Gasteiger partial charge in [0.2, 0.25) is 0 Å². The van der Waals surface area contributed by atoms with E-state index < -0.39 is 6.10 Å². The minimum atomic E-state index is -0.478. The van der Waals surface area contributed by atoms with Crippen molar-refractivity contribution in [2.75, 3.05) is 13.1 Å². The smallest absolute Gasteiger partial charge is 0.293 e. The summed E-state index contributed by atoms with van der Waals surface area (Å²) in [6.07, 6.45) is 2.97. The summed E-state index contributed by atoms with van der Waals surface area (Å²) < 4.78 is 10.6. The van der Waals surface area contributed by atoms with Gasteiger partial charge in [-0.2, -0.15) is 4.98 Å². The van der Waals surface area contributed by atoms with Gasteiger partial charge < -0.3 is 24.7 Å². The van der Waals surface area contributed by atoms with Crippen molar-refractivity contribution in [3.05, 3.63) is 59.6 Å². The van der Waals surface area contributed by atoms with E-state index in [1.165, 1.54) is 11.1 Å². The summed E-state index contributed by atoms with van der Waals surface area (Å²) in [4.78, 5) is 4.37. The Morgan fingerprint density at radius 2 is 2.04 bits per heavy atom. The third-order valence-corrected chi connectivity index (χ3v) is 5.89. The van der Waals surface area contributed by atoms with Gasteiger partial charge in [-0.15, -0.1) is 0 Å². The molecule has 0 amide bonds. The maximum Gasteiger partial charge on any atom is 0.293 e. The molecule has 1 aromatic carbocycles. The molecule has 0 unspecified atom stereocenters. The van der Waals surface area contributed by atoms with Crippen molar-refractivity contribution in [3.8, 4) is 11.7 Å². The van der Waals surface area contributed by atoms with Gasteiger partial charge in [-0.1, -0.05) is 29.4 Å². The number of aliphatic hydroxyl groups is 1. The van der Waals surface area contributed by atoms with E-state index in [0.29, 0.717) is 24.0 Å². The normalized spacial score (nSPS) is 23.6. The van der Waals surface area contributed by atoms with Crippen molar-refractivity contribution in [1.82, 2.24) is 20.8 Å². The first-order valence-electron chi connectivity index (χ1n) is 9.36. The third kappa shape index (κ3) is 2.70. The average molecular weight is 366 g/mol. The predicted molar refractivity (Wildman–Crippen MR) is 97.8 cm³/mol. The molecule has 27 heavy (non-hydrogen) atoms. The SMILES string of the molecule is O[C@@H]1[C@@H](NCc2noc(-c3ccco3)n2)c2ccccc2C12CCNCC2. The van der Waals surface area contributed by atoms with Crippen LogP contribution in [0.2, 0.25) is 0 Å². The van der Waals surface area contributed by atoms with Crippen molar-refractivity contribution in [1.29, 1.82) is 0 Å². The van der Waals surface area contributed by atoms with Crippen LogP contribution in [0.3, 0.4) is 0 Å². The lowest BCUT2D eigenvalue weighted by atomic mass is 9.72. The first-order chi connectivity index (χ1) is 13.3. The minimum Gasteiger partial charge on any atom is -0.459 e. The van der Waals surface area contributed by atoms with Crippen molar-refractivity contribution in [3.63, 3.8) is 0 Å². The maximum atomic E-state index is 11.2. The summed E-state index contributed by atoms with van der Waals surface area (Å²) in [5.74, 6) is 1.45. The zero-order chi connectivity index (χ0) is 18.3. The first-order valence-corrected chi connectivity index (χ1v) is 9.36. The second-order valence-corrected chi connectivity index (χ2v) is 7.29.